The Kier molecular flexibility index (Phi) is 19.3. The molecule has 0 unspecified atom stereocenters. The first-order valence-electron chi connectivity index (χ1n) is 36.8. The number of benzene rings is 14. The van der Waals surface area contributed by atoms with Crippen molar-refractivity contribution in [1.82, 2.24) is 0 Å². The summed E-state index contributed by atoms with van der Waals surface area (Å²) in [5.41, 5.74) is 43.6. The smallest absolute Gasteiger partial charge is 0.0462 e. The van der Waals surface area contributed by atoms with Gasteiger partial charge in [0.2, 0.25) is 0 Å². The van der Waals surface area contributed by atoms with Crippen LogP contribution in [0.1, 0.15) is 105 Å². The van der Waals surface area contributed by atoms with Gasteiger partial charge in [0, 0.05) is 39.5 Å². The molecule has 0 spiro atoms. The van der Waals surface area contributed by atoms with Gasteiger partial charge in [0.05, 0.1) is 0 Å². The van der Waals surface area contributed by atoms with E-state index in [9.17, 15) is 0 Å². The van der Waals surface area contributed by atoms with Crippen LogP contribution >= 0.6 is 0 Å². The molecule has 0 aromatic heterocycles. The molecule has 0 aliphatic heterocycles. The van der Waals surface area contributed by atoms with E-state index in [1.165, 1.54) is 167 Å². The molecular formula is C101H94N2. The minimum atomic E-state index is -0.259. The molecule has 14 aromatic carbocycles. The third-order valence-corrected chi connectivity index (χ3v) is 21.1. The van der Waals surface area contributed by atoms with Crippen LogP contribution in [0.2, 0.25) is 0 Å². The molecule has 508 valence electrons. The van der Waals surface area contributed by atoms with Gasteiger partial charge >= 0.3 is 0 Å². The summed E-state index contributed by atoms with van der Waals surface area (Å²) >= 11 is 0. The van der Waals surface area contributed by atoms with Gasteiger partial charge in [0.15, 0.2) is 0 Å². The molecule has 14 rings (SSSR count). The van der Waals surface area contributed by atoms with Crippen LogP contribution in [0.4, 0.5) is 34.1 Å². The number of rotatable bonds is 18. The molecular weight excluding hydrogens is 1240 g/mol. The Morgan fingerprint density at radius 1 is 0.175 bits per heavy atom. The van der Waals surface area contributed by atoms with E-state index in [2.05, 4.69) is 398 Å². The number of hydrogen-bond donors (Lipinski definition) is 0. The predicted octanol–water partition coefficient (Wildman–Crippen LogP) is 28.8. The lowest BCUT2D eigenvalue weighted by Gasteiger charge is -2.35. The van der Waals surface area contributed by atoms with E-state index in [1.54, 1.807) is 0 Å². The van der Waals surface area contributed by atoms with Crippen molar-refractivity contribution < 1.29 is 0 Å². The summed E-state index contributed by atoms with van der Waals surface area (Å²) in [6, 6.07) is 111. The fourth-order valence-electron chi connectivity index (χ4n) is 16.3. The van der Waals surface area contributed by atoms with Gasteiger partial charge in [-0.05, 0) is 269 Å². The molecule has 0 saturated carbocycles. The highest BCUT2D eigenvalue weighted by atomic mass is 15.1. The van der Waals surface area contributed by atoms with Crippen LogP contribution < -0.4 is 9.80 Å². The SMILES string of the molecule is CCC(CC)(c1ccc(N(c2ccc(-c3ccc(C)cc3-c3cc(C)cc(C)c3)cc2)c2ccc(-c3cc(C)ccc3-c3cc(C)cc(C)c3)cc2)cc1)c1ccc(N(c2ccc(-c3ccc(C)cc3-c3cc(C)cc(C)c3)cc2)c2ccc(-c3cc(C)ccc3-c3cc(C)cc(C)c3)cc2)cc1. The average Bonchev–Trinajstić information content (AvgIpc) is 0.770. The van der Waals surface area contributed by atoms with E-state index in [-0.39, 0.29) is 5.41 Å². The van der Waals surface area contributed by atoms with Gasteiger partial charge in [-0.15, -0.1) is 0 Å². The predicted molar refractivity (Wildman–Crippen MR) is 444 cm³/mol. The Morgan fingerprint density at radius 3 is 0.583 bits per heavy atom. The molecule has 0 radical (unpaired) electrons. The standard InChI is InChI=1S/C101H94N2/c1-15-101(16-2,85-29-41-91(42-30-85)102(87-33-21-77(22-34-87)93-45-17-67(5)63-99(93)83-57-73(11)51-74(12)58-83)89-37-25-79(26-38-89)97-61-65(3)19-47-95(97)81-53-69(7)49-70(8)54-81)86-31-43-92(44-32-86)103(88-35-23-78(24-36-88)94-46-18-68(6)64-100(94)84-59-75(13)52-76(14)60-84)90-39-27-80(28-40-90)98-62-66(4)20-48-96(98)82-55-71(9)50-72(10)56-82/h17-64H,15-16H2,1-14H3. The zero-order chi connectivity index (χ0) is 71.8. The molecule has 0 heterocycles. The van der Waals surface area contributed by atoms with E-state index in [0.29, 0.717) is 0 Å². The Hall–Kier alpha value is -11.3. The molecule has 0 bridgehead atoms. The first-order valence-corrected chi connectivity index (χ1v) is 36.8. The largest absolute Gasteiger partial charge is 0.311 e. The summed E-state index contributed by atoms with van der Waals surface area (Å²) in [6.45, 7) is 31.0. The van der Waals surface area contributed by atoms with E-state index in [1.807, 2.05) is 0 Å². The van der Waals surface area contributed by atoms with Crippen LogP contribution in [0.15, 0.2) is 291 Å². The minimum absolute atomic E-state index is 0.259. The summed E-state index contributed by atoms with van der Waals surface area (Å²) in [5.74, 6) is 0. The van der Waals surface area contributed by atoms with Gasteiger partial charge in [0.25, 0.3) is 0 Å². The van der Waals surface area contributed by atoms with E-state index in [0.717, 1.165) is 47.0 Å². The molecule has 0 aliphatic rings. The molecule has 103 heavy (non-hydrogen) atoms. The second-order valence-corrected chi connectivity index (χ2v) is 29.4. The summed E-state index contributed by atoms with van der Waals surface area (Å²) < 4.78 is 0. The highest BCUT2D eigenvalue weighted by Crippen LogP contribution is 2.47. The maximum atomic E-state index is 2.43. The van der Waals surface area contributed by atoms with Gasteiger partial charge in [0.1, 0.15) is 0 Å². The van der Waals surface area contributed by atoms with Crippen LogP contribution in [0, 0.1) is 83.1 Å². The van der Waals surface area contributed by atoms with Crippen LogP contribution in [0.25, 0.3) is 89.0 Å². The maximum absolute atomic E-state index is 2.43. The van der Waals surface area contributed by atoms with Gasteiger partial charge in [-0.1, -0.05) is 299 Å². The molecule has 0 aliphatic carbocycles. The molecule has 0 N–H and O–H groups in total. The first kappa shape index (κ1) is 68.8. The topological polar surface area (TPSA) is 6.48 Å². The van der Waals surface area contributed by atoms with Gasteiger partial charge in [-0.25, -0.2) is 0 Å². The maximum Gasteiger partial charge on any atom is 0.0462 e. The van der Waals surface area contributed by atoms with Gasteiger partial charge in [-0.2, -0.15) is 0 Å². The summed E-state index contributed by atoms with van der Waals surface area (Å²) in [6.07, 6.45) is 1.86. The lowest BCUT2D eigenvalue weighted by Crippen LogP contribution is -2.26. The number of hydrogen-bond acceptors (Lipinski definition) is 2. The zero-order valence-electron chi connectivity index (χ0n) is 62.5. The van der Waals surface area contributed by atoms with Crippen molar-refractivity contribution >= 4 is 34.1 Å². The van der Waals surface area contributed by atoms with E-state index in [4.69, 9.17) is 0 Å². The van der Waals surface area contributed by atoms with Crippen molar-refractivity contribution in [2.45, 2.75) is 115 Å². The normalized spacial score (nSPS) is 11.5. The third kappa shape index (κ3) is 14.4. The molecule has 2 heteroatoms. The lowest BCUT2D eigenvalue weighted by molar-refractivity contribution is 0.478. The Labute approximate surface area is 613 Å². The average molecular weight is 1340 g/mol. The van der Waals surface area contributed by atoms with Crippen molar-refractivity contribution in [3.05, 3.63) is 369 Å². The van der Waals surface area contributed by atoms with Crippen molar-refractivity contribution in [1.29, 1.82) is 0 Å². The molecule has 0 amide bonds. The van der Waals surface area contributed by atoms with Crippen LogP contribution in [0.3, 0.4) is 0 Å². The third-order valence-electron chi connectivity index (χ3n) is 21.1. The minimum Gasteiger partial charge on any atom is -0.311 e. The molecule has 2 nitrogen and oxygen atoms in total. The first-order chi connectivity index (χ1) is 49.8. The molecule has 14 aromatic rings. The lowest BCUT2D eigenvalue weighted by atomic mass is 9.70. The van der Waals surface area contributed by atoms with Gasteiger partial charge < -0.3 is 9.80 Å². The second-order valence-electron chi connectivity index (χ2n) is 29.4. The zero-order valence-corrected chi connectivity index (χ0v) is 62.5. The van der Waals surface area contributed by atoms with E-state index >= 15 is 0 Å². The summed E-state index contributed by atoms with van der Waals surface area (Å²) in [7, 11) is 0. The summed E-state index contributed by atoms with van der Waals surface area (Å²) in [4.78, 5) is 4.85. The van der Waals surface area contributed by atoms with E-state index < -0.39 is 0 Å². The highest BCUT2D eigenvalue weighted by Gasteiger charge is 2.32. The van der Waals surface area contributed by atoms with Crippen LogP contribution in [0.5, 0.6) is 0 Å². The van der Waals surface area contributed by atoms with Crippen molar-refractivity contribution in [3.63, 3.8) is 0 Å². The Bertz CT molecular complexity index is 5010. The fourth-order valence-corrected chi connectivity index (χ4v) is 16.3. The molecule has 0 fully saturated rings. The van der Waals surface area contributed by atoms with Gasteiger partial charge in [-0.3, -0.25) is 0 Å². The quantitative estimate of drug-likeness (QED) is 0.0845. The van der Waals surface area contributed by atoms with Crippen molar-refractivity contribution in [2.24, 2.45) is 0 Å². The number of aryl methyl sites for hydroxylation is 12. The Morgan fingerprint density at radius 2 is 0.359 bits per heavy atom. The number of nitrogens with zero attached hydrogens (tertiary/aromatic N) is 2. The second kappa shape index (κ2) is 29.0. The molecule has 0 saturated heterocycles. The fraction of sp³-hybridized carbons (Fsp3) is 0.168. The van der Waals surface area contributed by atoms with Crippen molar-refractivity contribution in [2.75, 3.05) is 9.80 Å². The number of anilines is 6. The monoisotopic (exact) mass is 1330 g/mol. The Balaban J connectivity index is 0.833. The summed E-state index contributed by atoms with van der Waals surface area (Å²) in [5, 5.41) is 0. The van der Waals surface area contributed by atoms with Crippen LogP contribution in [-0.4, -0.2) is 0 Å². The highest BCUT2D eigenvalue weighted by molar-refractivity contribution is 5.91. The van der Waals surface area contributed by atoms with Crippen molar-refractivity contribution in [3.8, 4) is 89.0 Å². The van der Waals surface area contributed by atoms with Crippen LogP contribution in [-0.2, 0) is 5.41 Å². The molecule has 0 atom stereocenters.